The molecule has 1 heterocycles. The summed E-state index contributed by atoms with van der Waals surface area (Å²) in [7, 11) is 0. The Labute approximate surface area is 159 Å². The molecule has 3 rings (SSSR count). The van der Waals surface area contributed by atoms with Crippen molar-refractivity contribution in [2.45, 2.75) is 26.9 Å². The summed E-state index contributed by atoms with van der Waals surface area (Å²) < 4.78 is 5.16. The highest BCUT2D eigenvalue weighted by Gasteiger charge is 2.10. The maximum atomic E-state index is 12.5. The number of benzene rings is 2. The van der Waals surface area contributed by atoms with Crippen LogP contribution in [0.25, 0.3) is 11.5 Å². The van der Waals surface area contributed by atoms with Crippen molar-refractivity contribution in [1.82, 2.24) is 20.4 Å². The highest BCUT2D eigenvalue weighted by molar-refractivity contribution is 5.94. The molecule has 2 aromatic carbocycles. The summed E-state index contributed by atoms with van der Waals surface area (Å²) in [6.45, 7) is 7.71. The predicted molar refractivity (Wildman–Crippen MR) is 104 cm³/mol. The molecule has 0 saturated heterocycles. The van der Waals surface area contributed by atoms with Crippen molar-refractivity contribution >= 4 is 5.91 Å². The van der Waals surface area contributed by atoms with Crippen molar-refractivity contribution in [3.63, 3.8) is 0 Å². The number of carbonyl (C=O) groups excluding carboxylic acids is 1. The largest absolute Gasteiger partial charge is 0.423 e. The van der Waals surface area contributed by atoms with E-state index in [1.165, 1.54) is 12.0 Å². The van der Waals surface area contributed by atoms with Gasteiger partial charge >= 0.3 is 0 Å². The molecule has 0 atom stereocenters. The van der Waals surface area contributed by atoms with Crippen LogP contribution in [-0.2, 0) is 13.1 Å². The van der Waals surface area contributed by atoms with Gasteiger partial charge in [-0.1, -0.05) is 38.1 Å². The summed E-state index contributed by atoms with van der Waals surface area (Å²) in [6.07, 6.45) is 1.28. The maximum absolute atomic E-state index is 12.5. The zero-order valence-electron chi connectivity index (χ0n) is 15.7. The third kappa shape index (κ3) is 4.80. The number of amides is 1. The van der Waals surface area contributed by atoms with Crippen LogP contribution in [-0.4, -0.2) is 34.1 Å². The molecule has 1 aromatic heterocycles. The van der Waals surface area contributed by atoms with Gasteiger partial charge < -0.3 is 9.73 Å². The Kier molecular flexibility index (Phi) is 6.33. The van der Waals surface area contributed by atoms with Gasteiger partial charge in [0.25, 0.3) is 5.91 Å². The lowest BCUT2D eigenvalue weighted by atomic mass is 10.1. The van der Waals surface area contributed by atoms with Crippen molar-refractivity contribution in [1.29, 1.82) is 0 Å². The minimum Gasteiger partial charge on any atom is -0.423 e. The second-order valence-corrected chi connectivity index (χ2v) is 6.23. The van der Waals surface area contributed by atoms with Crippen molar-refractivity contribution in [2.24, 2.45) is 0 Å². The number of nitrogens with one attached hydrogen (secondary N) is 1. The monoisotopic (exact) mass is 364 g/mol. The van der Waals surface area contributed by atoms with Crippen LogP contribution in [0.3, 0.4) is 0 Å². The van der Waals surface area contributed by atoms with Gasteiger partial charge in [-0.15, -0.1) is 10.2 Å². The van der Waals surface area contributed by atoms with Crippen LogP contribution >= 0.6 is 0 Å². The van der Waals surface area contributed by atoms with Crippen molar-refractivity contribution < 1.29 is 9.21 Å². The van der Waals surface area contributed by atoms with Gasteiger partial charge in [-0.2, -0.15) is 0 Å². The number of nitrogens with zero attached hydrogens (tertiary/aromatic N) is 3. The second-order valence-electron chi connectivity index (χ2n) is 6.23. The molecule has 0 spiro atoms. The molecule has 0 bridgehead atoms. The van der Waals surface area contributed by atoms with E-state index in [0.29, 0.717) is 18.0 Å². The fourth-order valence-corrected chi connectivity index (χ4v) is 2.91. The molecule has 140 valence electrons. The normalized spacial score (nSPS) is 10.9. The Balaban J connectivity index is 1.64. The summed E-state index contributed by atoms with van der Waals surface area (Å²) in [5, 5.41) is 10.5. The molecule has 0 fully saturated rings. The maximum Gasteiger partial charge on any atom is 0.251 e. The Morgan fingerprint density at radius 3 is 2.37 bits per heavy atom. The zero-order chi connectivity index (χ0) is 19.1. The van der Waals surface area contributed by atoms with Gasteiger partial charge in [0.15, 0.2) is 0 Å². The molecule has 6 nitrogen and oxygen atoms in total. The predicted octanol–water partition coefficient (Wildman–Crippen LogP) is 3.51. The molecule has 27 heavy (non-hydrogen) atoms. The van der Waals surface area contributed by atoms with Crippen molar-refractivity contribution in [3.05, 3.63) is 71.6 Å². The Morgan fingerprint density at radius 1 is 1.04 bits per heavy atom. The molecular weight excluding hydrogens is 340 g/mol. The third-order valence-corrected chi connectivity index (χ3v) is 4.60. The minimum atomic E-state index is -0.107. The van der Waals surface area contributed by atoms with Gasteiger partial charge in [-0.25, -0.2) is 0 Å². The van der Waals surface area contributed by atoms with Crippen LogP contribution < -0.4 is 5.32 Å². The Morgan fingerprint density at radius 2 is 1.74 bits per heavy atom. The van der Waals surface area contributed by atoms with Gasteiger partial charge in [0.2, 0.25) is 12.3 Å². The molecule has 0 unspecified atom stereocenters. The number of hydrogen-bond donors (Lipinski definition) is 1. The van der Waals surface area contributed by atoms with Crippen molar-refractivity contribution in [2.75, 3.05) is 13.1 Å². The summed E-state index contributed by atoms with van der Waals surface area (Å²) in [6, 6.07) is 15.4. The van der Waals surface area contributed by atoms with E-state index in [4.69, 9.17) is 4.42 Å². The van der Waals surface area contributed by atoms with Gasteiger partial charge in [0, 0.05) is 24.2 Å². The molecule has 1 amide bonds. The van der Waals surface area contributed by atoms with Gasteiger partial charge in [0.1, 0.15) is 0 Å². The smallest absolute Gasteiger partial charge is 0.251 e. The first-order valence-corrected chi connectivity index (χ1v) is 9.15. The van der Waals surface area contributed by atoms with Crippen LogP contribution in [0.15, 0.2) is 59.3 Å². The second kappa shape index (κ2) is 9.09. The Hall–Kier alpha value is -2.99. The van der Waals surface area contributed by atoms with Crippen LogP contribution in [0, 0.1) is 0 Å². The molecule has 0 aliphatic heterocycles. The summed E-state index contributed by atoms with van der Waals surface area (Å²) >= 11 is 0. The van der Waals surface area contributed by atoms with E-state index in [2.05, 4.69) is 46.4 Å². The molecule has 0 radical (unpaired) electrons. The van der Waals surface area contributed by atoms with E-state index in [1.54, 1.807) is 24.3 Å². The topological polar surface area (TPSA) is 71.3 Å². The standard InChI is InChI=1S/C21H24N4O2/c1-3-25(4-2)14-19-8-6-5-7-18(19)13-22-20(26)16-9-11-17(12-10-16)21-24-23-15-27-21/h5-12,15H,3-4,13-14H2,1-2H3,(H,22,26). The highest BCUT2D eigenvalue weighted by atomic mass is 16.4. The number of rotatable bonds is 8. The summed E-state index contributed by atoms with van der Waals surface area (Å²) in [4.78, 5) is 14.8. The van der Waals surface area contributed by atoms with E-state index >= 15 is 0 Å². The molecule has 0 aliphatic carbocycles. The van der Waals surface area contributed by atoms with Crippen LogP contribution in [0.2, 0.25) is 0 Å². The first-order chi connectivity index (χ1) is 13.2. The quantitative estimate of drug-likeness (QED) is 0.662. The van der Waals surface area contributed by atoms with E-state index in [9.17, 15) is 4.79 Å². The van der Waals surface area contributed by atoms with Gasteiger partial charge in [-0.3, -0.25) is 9.69 Å². The molecular formula is C21H24N4O2. The lowest BCUT2D eigenvalue weighted by Crippen LogP contribution is -2.26. The van der Waals surface area contributed by atoms with E-state index < -0.39 is 0 Å². The number of carbonyl (C=O) groups is 1. The minimum absolute atomic E-state index is 0.107. The average molecular weight is 364 g/mol. The van der Waals surface area contributed by atoms with E-state index in [0.717, 1.165) is 30.8 Å². The summed E-state index contributed by atoms with van der Waals surface area (Å²) in [5.41, 5.74) is 3.77. The zero-order valence-corrected chi connectivity index (χ0v) is 15.7. The van der Waals surface area contributed by atoms with Crippen LogP contribution in [0.1, 0.15) is 35.3 Å². The molecule has 6 heteroatoms. The SMILES string of the molecule is CCN(CC)Cc1ccccc1CNC(=O)c1ccc(-c2nnco2)cc1. The fraction of sp³-hybridized carbons (Fsp3) is 0.286. The average Bonchev–Trinajstić information content (AvgIpc) is 3.26. The van der Waals surface area contributed by atoms with Crippen molar-refractivity contribution in [3.8, 4) is 11.5 Å². The van der Waals surface area contributed by atoms with Crippen LogP contribution in [0.5, 0.6) is 0 Å². The summed E-state index contributed by atoms with van der Waals surface area (Å²) in [5.74, 6) is 0.331. The molecule has 1 N–H and O–H groups in total. The van der Waals surface area contributed by atoms with E-state index in [1.807, 2.05) is 12.1 Å². The Bertz CT molecular complexity index is 856. The van der Waals surface area contributed by atoms with E-state index in [-0.39, 0.29) is 5.91 Å². The first-order valence-electron chi connectivity index (χ1n) is 9.15. The van der Waals surface area contributed by atoms with Crippen LogP contribution in [0.4, 0.5) is 0 Å². The molecule has 0 saturated carbocycles. The lowest BCUT2D eigenvalue weighted by Gasteiger charge is -2.20. The number of hydrogen-bond acceptors (Lipinski definition) is 5. The number of aromatic nitrogens is 2. The van der Waals surface area contributed by atoms with Gasteiger partial charge in [-0.05, 0) is 48.5 Å². The fourth-order valence-electron chi connectivity index (χ4n) is 2.91. The lowest BCUT2D eigenvalue weighted by molar-refractivity contribution is 0.0950. The molecule has 0 aliphatic rings. The van der Waals surface area contributed by atoms with Gasteiger partial charge in [0.05, 0.1) is 0 Å². The highest BCUT2D eigenvalue weighted by Crippen LogP contribution is 2.17. The first kappa shape index (κ1) is 18.8. The molecule has 3 aromatic rings. The third-order valence-electron chi connectivity index (χ3n) is 4.60.